The first-order valence-corrected chi connectivity index (χ1v) is 9.69. The van der Waals surface area contributed by atoms with E-state index in [9.17, 15) is 0 Å². The molecule has 0 fully saturated rings. The Balaban J connectivity index is 1.53. The van der Waals surface area contributed by atoms with Gasteiger partial charge in [0.25, 0.3) is 0 Å². The molecule has 5 aromatic heterocycles. The van der Waals surface area contributed by atoms with Crippen molar-refractivity contribution in [2.24, 2.45) is 7.05 Å². The van der Waals surface area contributed by atoms with Gasteiger partial charge < -0.3 is 15.0 Å². The van der Waals surface area contributed by atoms with Gasteiger partial charge in [-0.2, -0.15) is 15.2 Å². The SMILES string of the molecule is COC[C@H](C)Nc1ncc2c(-c3ccn4ncc(-c5cnn(C)c5)c4c3)c[nH]c2n1. The van der Waals surface area contributed by atoms with Crippen molar-refractivity contribution in [2.75, 3.05) is 19.0 Å². The van der Waals surface area contributed by atoms with Crippen LogP contribution in [0.3, 0.4) is 0 Å². The zero-order chi connectivity index (χ0) is 20.7. The maximum absolute atomic E-state index is 5.16. The van der Waals surface area contributed by atoms with Crippen molar-refractivity contribution in [3.63, 3.8) is 0 Å². The van der Waals surface area contributed by atoms with Crippen LogP contribution in [0.5, 0.6) is 0 Å². The second kappa shape index (κ2) is 7.27. The van der Waals surface area contributed by atoms with Crippen LogP contribution in [0, 0.1) is 0 Å². The topological polar surface area (TPSA) is 98.0 Å². The first-order valence-electron chi connectivity index (χ1n) is 9.69. The molecule has 0 amide bonds. The molecule has 2 N–H and O–H groups in total. The van der Waals surface area contributed by atoms with Crippen molar-refractivity contribution in [3.05, 3.63) is 49.3 Å². The van der Waals surface area contributed by atoms with Gasteiger partial charge in [-0.05, 0) is 24.6 Å². The number of pyridine rings is 1. The van der Waals surface area contributed by atoms with Crippen LogP contribution in [0.4, 0.5) is 5.95 Å². The minimum Gasteiger partial charge on any atom is -0.383 e. The number of hydrogen-bond acceptors (Lipinski definition) is 6. The van der Waals surface area contributed by atoms with E-state index in [1.807, 2.05) is 61.7 Å². The highest BCUT2D eigenvalue weighted by Crippen LogP contribution is 2.31. The molecule has 0 unspecified atom stereocenters. The van der Waals surface area contributed by atoms with Gasteiger partial charge in [0, 0.05) is 67.1 Å². The van der Waals surface area contributed by atoms with Crippen molar-refractivity contribution in [2.45, 2.75) is 13.0 Å². The van der Waals surface area contributed by atoms with Gasteiger partial charge in [-0.3, -0.25) is 4.68 Å². The predicted molar refractivity (Wildman–Crippen MR) is 115 cm³/mol. The van der Waals surface area contributed by atoms with Crippen LogP contribution >= 0.6 is 0 Å². The third-order valence-electron chi connectivity index (χ3n) is 5.07. The summed E-state index contributed by atoms with van der Waals surface area (Å²) < 4.78 is 8.82. The Hall–Kier alpha value is -3.72. The van der Waals surface area contributed by atoms with Crippen LogP contribution in [-0.4, -0.2) is 54.1 Å². The lowest BCUT2D eigenvalue weighted by Gasteiger charge is -2.12. The molecule has 9 heteroatoms. The number of hydrogen-bond donors (Lipinski definition) is 2. The largest absolute Gasteiger partial charge is 0.383 e. The standard InChI is InChI=1S/C21H22N8O/c1-13(12-30-3)26-21-23-9-18-16(8-22-20(18)27-21)14-4-5-29-19(6-14)17(10-25-29)15-7-24-28(2)11-15/h4-11,13H,12H2,1-3H3,(H2,22,23,26,27)/t13-/m0/s1. The summed E-state index contributed by atoms with van der Waals surface area (Å²) in [5.74, 6) is 0.575. The van der Waals surface area contributed by atoms with Crippen molar-refractivity contribution in [1.82, 2.24) is 34.3 Å². The number of nitrogens with zero attached hydrogens (tertiary/aromatic N) is 6. The highest BCUT2D eigenvalue weighted by atomic mass is 16.5. The van der Waals surface area contributed by atoms with E-state index in [0.29, 0.717) is 12.6 Å². The number of H-pyrrole nitrogens is 1. The maximum Gasteiger partial charge on any atom is 0.224 e. The van der Waals surface area contributed by atoms with Gasteiger partial charge in [0.1, 0.15) is 5.65 Å². The van der Waals surface area contributed by atoms with E-state index in [1.165, 1.54) is 0 Å². The molecule has 0 spiro atoms. The number of aromatic nitrogens is 7. The molecule has 0 aliphatic carbocycles. The normalized spacial score (nSPS) is 12.6. The average Bonchev–Trinajstić information content (AvgIpc) is 3.45. The quantitative estimate of drug-likeness (QED) is 0.453. The smallest absolute Gasteiger partial charge is 0.224 e. The van der Waals surface area contributed by atoms with Gasteiger partial charge in [-0.25, -0.2) is 9.50 Å². The van der Waals surface area contributed by atoms with Crippen LogP contribution in [0.2, 0.25) is 0 Å². The molecule has 0 aliphatic rings. The van der Waals surface area contributed by atoms with Gasteiger partial charge in [-0.1, -0.05) is 0 Å². The molecule has 0 radical (unpaired) electrons. The molecule has 1 atom stereocenters. The molecule has 152 valence electrons. The van der Waals surface area contributed by atoms with E-state index in [4.69, 9.17) is 4.74 Å². The van der Waals surface area contributed by atoms with Crippen LogP contribution in [-0.2, 0) is 11.8 Å². The number of rotatable bonds is 6. The minimum absolute atomic E-state index is 0.122. The number of methoxy groups -OCH3 is 1. The fourth-order valence-corrected chi connectivity index (χ4v) is 3.66. The first kappa shape index (κ1) is 18.3. The Kier molecular flexibility index (Phi) is 4.44. The first-order chi connectivity index (χ1) is 14.6. The lowest BCUT2D eigenvalue weighted by Crippen LogP contribution is -2.22. The highest BCUT2D eigenvalue weighted by molar-refractivity contribution is 5.95. The zero-order valence-corrected chi connectivity index (χ0v) is 17.0. The Bertz CT molecular complexity index is 1330. The third kappa shape index (κ3) is 3.18. The predicted octanol–water partition coefficient (Wildman–Crippen LogP) is 3.12. The lowest BCUT2D eigenvalue weighted by atomic mass is 10.1. The van der Waals surface area contributed by atoms with Gasteiger partial charge >= 0.3 is 0 Å². The summed E-state index contributed by atoms with van der Waals surface area (Å²) in [7, 11) is 3.59. The number of aryl methyl sites for hydroxylation is 1. The van der Waals surface area contributed by atoms with E-state index >= 15 is 0 Å². The van der Waals surface area contributed by atoms with Crippen molar-refractivity contribution < 1.29 is 4.74 Å². The summed E-state index contributed by atoms with van der Waals surface area (Å²) >= 11 is 0. The molecule has 0 bridgehead atoms. The molecule has 0 saturated carbocycles. The Morgan fingerprint density at radius 3 is 2.87 bits per heavy atom. The lowest BCUT2D eigenvalue weighted by molar-refractivity contribution is 0.190. The van der Waals surface area contributed by atoms with E-state index in [2.05, 4.69) is 36.5 Å². The summed E-state index contributed by atoms with van der Waals surface area (Å²) in [5.41, 5.74) is 5.99. The average molecular weight is 402 g/mol. The molecule has 0 aliphatic heterocycles. The van der Waals surface area contributed by atoms with E-state index in [0.717, 1.165) is 38.8 Å². The fourth-order valence-electron chi connectivity index (χ4n) is 3.66. The number of fused-ring (bicyclic) bond motifs is 2. The molecular formula is C21H22N8O. The number of nitrogens with one attached hydrogen (secondary N) is 2. The monoisotopic (exact) mass is 402 g/mol. The zero-order valence-electron chi connectivity index (χ0n) is 17.0. The highest BCUT2D eigenvalue weighted by Gasteiger charge is 2.13. The molecule has 5 aromatic rings. The number of aromatic amines is 1. The van der Waals surface area contributed by atoms with Crippen molar-refractivity contribution in [1.29, 1.82) is 0 Å². The molecule has 0 saturated heterocycles. The second-order valence-corrected chi connectivity index (χ2v) is 7.37. The van der Waals surface area contributed by atoms with Crippen molar-refractivity contribution >= 4 is 22.5 Å². The summed E-state index contributed by atoms with van der Waals surface area (Å²) in [6.07, 6.45) is 11.5. The van der Waals surface area contributed by atoms with Gasteiger partial charge in [0.05, 0.1) is 24.5 Å². The van der Waals surface area contributed by atoms with Crippen molar-refractivity contribution in [3.8, 4) is 22.3 Å². The van der Waals surface area contributed by atoms with E-state index < -0.39 is 0 Å². The van der Waals surface area contributed by atoms with Gasteiger partial charge in [0.15, 0.2) is 0 Å². The summed E-state index contributed by atoms with van der Waals surface area (Å²) in [5, 5.41) is 13.0. The Labute approximate surface area is 172 Å². The Morgan fingerprint density at radius 1 is 1.17 bits per heavy atom. The molecule has 9 nitrogen and oxygen atoms in total. The van der Waals surface area contributed by atoms with E-state index in [-0.39, 0.29) is 6.04 Å². The molecule has 0 aromatic carbocycles. The van der Waals surface area contributed by atoms with Crippen LogP contribution in [0.15, 0.2) is 49.3 Å². The van der Waals surface area contributed by atoms with Gasteiger partial charge in [0.2, 0.25) is 5.95 Å². The van der Waals surface area contributed by atoms with Crippen LogP contribution < -0.4 is 5.32 Å². The summed E-state index contributed by atoms with van der Waals surface area (Å²) in [6.45, 7) is 2.61. The molecular weight excluding hydrogens is 380 g/mol. The maximum atomic E-state index is 5.16. The number of ether oxygens (including phenoxy) is 1. The minimum atomic E-state index is 0.122. The van der Waals surface area contributed by atoms with E-state index in [1.54, 1.807) is 11.8 Å². The third-order valence-corrected chi connectivity index (χ3v) is 5.07. The molecule has 30 heavy (non-hydrogen) atoms. The Morgan fingerprint density at radius 2 is 2.07 bits per heavy atom. The fraction of sp³-hybridized carbons (Fsp3) is 0.238. The summed E-state index contributed by atoms with van der Waals surface area (Å²) in [4.78, 5) is 12.3. The second-order valence-electron chi connectivity index (χ2n) is 7.37. The van der Waals surface area contributed by atoms with Gasteiger partial charge in [-0.15, -0.1) is 0 Å². The van der Waals surface area contributed by atoms with Crippen LogP contribution in [0.1, 0.15) is 6.92 Å². The summed E-state index contributed by atoms with van der Waals surface area (Å²) in [6, 6.07) is 4.30. The molecule has 5 rings (SSSR count). The van der Waals surface area contributed by atoms with Crippen LogP contribution in [0.25, 0.3) is 38.8 Å². The number of anilines is 1. The molecule has 5 heterocycles.